The Morgan fingerprint density at radius 1 is 1.09 bits per heavy atom. The molecule has 1 atom stereocenters. The number of aliphatic carboxylic acids is 1. The van der Waals surface area contributed by atoms with E-state index in [4.69, 9.17) is 26.3 Å². The minimum Gasteiger partial charge on any atom is -0.775 e. The number of unbranched alkanes of at least 4 members (excludes halogenated alkanes) is 1. The lowest BCUT2D eigenvalue weighted by molar-refractivity contribution is -0.194. The lowest BCUT2D eigenvalue weighted by Gasteiger charge is -2.37. The first kappa shape index (κ1) is 32.2. The van der Waals surface area contributed by atoms with E-state index in [-0.39, 0.29) is 57.8 Å². The third-order valence-corrected chi connectivity index (χ3v) is 10.5. The van der Waals surface area contributed by atoms with Gasteiger partial charge < -0.3 is 39.2 Å². The van der Waals surface area contributed by atoms with Crippen molar-refractivity contribution in [1.82, 2.24) is 0 Å². The van der Waals surface area contributed by atoms with E-state index in [0.717, 1.165) is 49.2 Å². The summed E-state index contributed by atoms with van der Waals surface area (Å²) in [6.45, 7) is 2.08. The summed E-state index contributed by atoms with van der Waals surface area (Å²) in [6, 6.07) is 7.15. The van der Waals surface area contributed by atoms with Gasteiger partial charge in [-0.15, -0.1) is 0 Å². The summed E-state index contributed by atoms with van der Waals surface area (Å²) in [7, 11) is -4.64. The summed E-state index contributed by atoms with van der Waals surface area (Å²) < 4.78 is 25.1. The Hall–Kier alpha value is -3.73. The molecular weight excluding hydrogens is 635 g/mol. The average Bonchev–Trinajstić information content (AvgIpc) is 3.03. The van der Waals surface area contributed by atoms with Crippen LogP contribution >= 0.6 is 19.2 Å². The fraction of sp³-hybridized carbons (Fsp3) is 0.364. The van der Waals surface area contributed by atoms with Crippen molar-refractivity contribution in [2.75, 3.05) is 31.1 Å². The summed E-state index contributed by atoms with van der Waals surface area (Å²) in [5.41, 5.74) is 9.06. The normalized spacial score (nSPS) is 15.6. The molecule has 0 amide bonds. The van der Waals surface area contributed by atoms with Crippen LogP contribution in [0.2, 0.25) is 5.02 Å². The molecule has 13 heteroatoms. The number of carboxylic acid groups (broad SMARTS) is 2. The molecule has 0 bridgehead atoms. The van der Waals surface area contributed by atoms with Crippen LogP contribution in [0.15, 0.2) is 39.5 Å². The van der Waals surface area contributed by atoms with Gasteiger partial charge in [0.05, 0.1) is 12.2 Å². The van der Waals surface area contributed by atoms with Crippen LogP contribution in [0, 0.1) is 0 Å². The molecule has 1 aliphatic carbocycles. The molecule has 0 radical (unpaired) electrons. The van der Waals surface area contributed by atoms with Gasteiger partial charge in [-0.1, -0.05) is 11.6 Å². The van der Waals surface area contributed by atoms with Crippen LogP contribution in [0.3, 0.4) is 0 Å². The third-order valence-electron chi connectivity index (χ3n) is 8.76. The maximum atomic E-state index is 13.3. The van der Waals surface area contributed by atoms with Gasteiger partial charge in [-0.05, 0) is 92.9 Å². The van der Waals surface area contributed by atoms with Crippen molar-refractivity contribution in [3.05, 3.63) is 67.8 Å². The number of anilines is 1. The number of halogens is 1. The average molecular weight is 668 g/mol. The molecule has 4 aliphatic rings. The first-order valence-corrected chi connectivity index (χ1v) is 17.2. The van der Waals surface area contributed by atoms with Crippen LogP contribution in [0.4, 0.5) is 5.69 Å². The topological polar surface area (TPSA) is 183 Å². The molecule has 2 aromatic rings. The molecular formula is C33H33ClN2O9P-. The zero-order valence-corrected chi connectivity index (χ0v) is 26.6. The van der Waals surface area contributed by atoms with E-state index >= 15 is 0 Å². The number of benzene rings is 3. The molecule has 0 saturated heterocycles. The molecule has 11 nitrogen and oxygen atoms in total. The van der Waals surface area contributed by atoms with Crippen LogP contribution in [-0.4, -0.2) is 48.4 Å². The highest BCUT2D eigenvalue weighted by atomic mass is 35.5. The Morgan fingerprint density at radius 2 is 1.85 bits per heavy atom. The first-order valence-electron chi connectivity index (χ1n) is 15.3. The van der Waals surface area contributed by atoms with E-state index in [1.807, 2.05) is 6.07 Å². The molecule has 6 rings (SSSR count). The number of fused-ring (bicyclic) bond motifs is 3. The Bertz CT molecular complexity index is 1950. The van der Waals surface area contributed by atoms with E-state index in [2.05, 4.69) is 4.90 Å². The molecule has 0 fully saturated rings. The first-order chi connectivity index (χ1) is 22.0. The molecule has 0 spiro atoms. The molecule has 46 heavy (non-hydrogen) atoms. The van der Waals surface area contributed by atoms with Gasteiger partial charge >= 0.3 is 11.9 Å². The number of rotatable bonds is 11. The maximum Gasteiger partial charge on any atom is 0.336 e. The summed E-state index contributed by atoms with van der Waals surface area (Å²) in [4.78, 5) is 53.1. The Morgan fingerprint density at radius 3 is 2.57 bits per heavy atom. The van der Waals surface area contributed by atoms with Crippen molar-refractivity contribution in [2.45, 2.75) is 51.4 Å². The molecule has 3 aliphatic heterocycles. The summed E-state index contributed by atoms with van der Waals surface area (Å²) >= 11 is 6.67. The van der Waals surface area contributed by atoms with Crippen LogP contribution in [0.25, 0.3) is 33.4 Å². The van der Waals surface area contributed by atoms with Gasteiger partial charge in [0.2, 0.25) is 5.43 Å². The van der Waals surface area contributed by atoms with Crippen molar-refractivity contribution < 1.29 is 38.2 Å². The fourth-order valence-electron chi connectivity index (χ4n) is 6.65. The lowest BCUT2D eigenvalue weighted by atomic mass is 9.84. The van der Waals surface area contributed by atoms with Gasteiger partial charge in [-0.25, -0.2) is 4.79 Å². The van der Waals surface area contributed by atoms with Crippen molar-refractivity contribution in [3.63, 3.8) is 0 Å². The highest BCUT2D eigenvalue weighted by molar-refractivity contribution is 7.59. The second-order valence-electron chi connectivity index (χ2n) is 11.7. The van der Waals surface area contributed by atoms with Gasteiger partial charge in [0, 0.05) is 58.1 Å². The largest absolute Gasteiger partial charge is 0.775 e. The number of hydrogen-bond acceptors (Lipinski definition) is 9. The Labute approximate surface area is 269 Å². The number of hydrogen-bond donors (Lipinski definition) is 3. The minimum atomic E-state index is -4.64. The SMILES string of the molecule is NCCCCOP(=O)([O-])c1ccc(C(=O)O)c(-c2c3cc(CCC(=O)O)c(=O)c(Cl)c-3oc3c4c5c(cc23)CCCN5CCC4)c1. The number of carboxylic acids is 2. The number of carbonyl (C=O) groups is 2. The molecule has 4 N–H and O–H groups in total. The zero-order valence-electron chi connectivity index (χ0n) is 25.0. The highest BCUT2D eigenvalue weighted by Crippen LogP contribution is 2.49. The van der Waals surface area contributed by atoms with E-state index < -0.39 is 25.0 Å². The summed E-state index contributed by atoms with van der Waals surface area (Å²) in [5.74, 6) is -2.38. The van der Waals surface area contributed by atoms with Gasteiger partial charge in [-0.2, -0.15) is 0 Å². The fourth-order valence-corrected chi connectivity index (χ4v) is 7.98. The number of aryl methyl sites for hydroxylation is 3. The van der Waals surface area contributed by atoms with Gasteiger partial charge in [0.25, 0.3) is 0 Å². The molecule has 242 valence electrons. The number of nitrogens with zero attached hydrogens (tertiary/aromatic N) is 1. The number of aromatic carboxylic acids is 1. The van der Waals surface area contributed by atoms with Crippen molar-refractivity contribution in [2.24, 2.45) is 5.73 Å². The van der Waals surface area contributed by atoms with Gasteiger partial charge in [0.15, 0.2) is 13.4 Å². The Kier molecular flexibility index (Phi) is 8.98. The molecule has 3 heterocycles. The highest BCUT2D eigenvalue weighted by Gasteiger charge is 2.32. The predicted molar refractivity (Wildman–Crippen MR) is 173 cm³/mol. The Balaban J connectivity index is 1.70. The van der Waals surface area contributed by atoms with E-state index in [1.165, 1.54) is 24.3 Å². The second kappa shape index (κ2) is 12.8. The van der Waals surface area contributed by atoms with Gasteiger partial charge in [-0.3, -0.25) is 9.59 Å². The zero-order chi connectivity index (χ0) is 32.7. The van der Waals surface area contributed by atoms with Crippen LogP contribution in [0.5, 0.6) is 0 Å². The second-order valence-corrected chi connectivity index (χ2v) is 13.9. The minimum absolute atomic E-state index is 0.0162. The summed E-state index contributed by atoms with van der Waals surface area (Å²) in [5, 5.41) is 19.7. The quantitative estimate of drug-likeness (QED) is 0.116. The van der Waals surface area contributed by atoms with Gasteiger partial charge in [0.1, 0.15) is 10.6 Å². The smallest absolute Gasteiger partial charge is 0.336 e. The van der Waals surface area contributed by atoms with Crippen molar-refractivity contribution in [3.8, 4) is 22.5 Å². The standard InChI is InChI=1S/C33H34ClN2O9P/c34-28-30(39)19(7-10-26(37)38)16-25-27(23-17-20(8-9-21(23)33(40)41)46(42,43)44-14-2-1-11-35)24-15-18-5-3-12-36-13-4-6-22(29(18)36)31(24)45-32(25)28/h8-9,15-17H,1-7,10-14,35H2,(H,37,38)(H,40,41)(H,42,43)/p-1. The van der Waals surface area contributed by atoms with E-state index in [9.17, 15) is 34.1 Å². The van der Waals surface area contributed by atoms with Crippen molar-refractivity contribution >= 4 is 53.1 Å². The van der Waals surface area contributed by atoms with Crippen LogP contribution in [0.1, 0.15) is 59.2 Å². The van der Waals surface area contributed by atoms with E-state index in [1.54, 1.807) is 0 Å². The van der Waals surface area contributed by atoms with Crippen LogP contribution < -0.4 is 26.3 Å². The lowest BCUT2D eigenvalue weighted by Crippen LogP contribution is -2.34. The summed E-state index contributed by atoms with van der Waals surface area (Å²) in [6.07, 6.45) is 3.81. The maximum absolute atomic E-state index is 13.3. The third kappa shape index (κ3) is 5.82. The molecule has 2 aromatic carbocycles. The molecule has 1 unspecified atom stereocenters. The molecule has 0 aromatic heterocycles. The van der Waals surface area contributed by atoms with E-state index in [0.29, 0.717) is 42.3 Å². The number of nitrogens with two attached hydrogens (primary N) is 1. The van der Waals surface area contributed by atoms with Crippen molar-refractivity contribution in [1.29, 1.82) is 0 Å². The van der Waals surface area contributed by atoms with Crippen LogP contribution in [-0.2, 0) is 33.1 Å². The monoisotopic (exact) mass is 667 g/mol. The molecule has 0 saturated carbocycles. The predicted octanol–water partition coefficient (Wildman–Crippen LogP) is 4.57.